The van der Waals surface area contributed by atoms with Gasteiger partial charge in [0.25, 0.3) is 0 Å². The van der Waals surface area contributed by atoms with E-state index >= 15 is 0 Å². The minimum absolute atomic E-state index is 0.487. The maximum absolute atomic E-state index is 5.18. The smallest absolute Gasteiger partial charge is 0.164 e. The first-order chi connectivity index (χ1) is 30.7. The van der Waals surface area contributed by atoms with E-state index < -0.39 is 5.41 Å². The molecule has 290 valence electrons. The lowest BCUT2D eigenvalue weighted by atomic mass is 9.67. The lowest BCUT2D eigenvalue weighted by molar-refractivity contribution is 0.770. The zero-order chi connectivity index (χ0) is 41.0. The minimum Gasteiger partial charge on any atom is -0.309 e. The molecule has 0 bridgehead atoms. The Morgan fingerprint density at radius 3 is 1.50 bits per heavy atom. The number of hydrogen-bond donors (Lipinski definition) is 0. The monoisotopic (exact) mass is 790 g/mol. The normalized spacial score (nSPS) is 12.6. The number of rotatable bonds is 7. The first-order valence-corrected chi connectivity index (χ1v) is 21.1. The van der Waals surface area contributed by atoms with Crippen molar-refractivity contribution in [3.8, 4) is 62.1 Å². The molecule has 2 aromatic heterocycles. The van der Waals surface area contributed by atoms with E-state index in [1.54, 1.807) is 0 Å². The molecule has 0 saturated heterocycles. The molecule has 11 aromatic rings. The van der Waals surface area contributed by atoms with Crippen LogP contribution < -0.4 is 0 Å². The minimum atomic E-state index is -0.487. The Morgan fingerprint density at radius 1 is 0.306 bits per heavy atom. The molecular formula is C58H38N4. The molecule has 0 N–H and O–H groups in total. The Balaban J connectivity index is 1.03. The molecule has 1 aliphatic rings. The van der Waals surface area contributed by atoms with Gasteiger partial charge >= 0.3 is 0 Å². The molecule has 0 amide bonds. The molecule has 0 atom stereocenters. The van der Waals surface area contributed by atoms with Gasteiger partial charge in [0, 0.05) is 33.2 Å². The Kier molecular flexibility index (Phi) is 8.36. The third kappa shape index (κ3) is 5.65. The highest BCUT2D eigenvalue weighted by Crippen LogP contribution is 2.56. The van der Waals surface area contributed by atoms with Crippen LogP contribution in [0.3, 0.4) is 0 Å². The number of aromatic nitrogens is 4. The van der Waals surface area contributed by atoms with E-state index in [1.165, 1.54) is 44.2 Å². The van der Waals surface area contributed by atoms with Gasteiger partial charge in [0.2, 0.25) is 0 Å². The molecular weight excluding hydrogens is 753 g/mol. The van der Waals surface area contributed by atoms with Gasteiger partial charge in [-0.25, -0.2) is 15.0 Å². The van der Waals surface area contributed by atoms with Crippen LogP contribution in [0.25, 0.3) is 83.9 Å². The van der Waals surface area contributed by atoms with Crippen LogP contribution in [0.4, 0.5) is 0 Å². The fourth-order valence-electron chi connectivity index (χ4n) is 9.80. The van der Waals surface area contributed by atoms with E-state index in [0.717, 1.165) is 44.5 Å². The summed E-state index contributed by atoms with van der Waals surface area (Å²) in [6, 6.07) is 82.4. The summed E-state index contributed by atoms with van der Waals surface area (Å²) in [6.45, 7) is 0. The molecule has 4 heteroatoms. The second kappa shape index (κ2) is 14.5. The maximum Gasteiger partial charge on any atom is 0.164 e. The van der Waals surface area contributed by atoms with Crippen molar-refractivity contribution in [1.29, 1.82) is 0 Å². The summed E-state index contributed by atoms with van der Waals surface area (Å²) in [5.74, 6) is 1.88. The summed E-state index contributed by atoms with van der Waals surface area (Å²) in [5, 5.41) is 2.40. The topological polar surface area (TPSA) is 43.6 Å². The van der Waals surface area contributed by atoms with Gasteiger partial charge in [0.15, 0.2) is 17.5 Å². The van der Waals surface area contributed by atoms with E-state index in [1.807, 2.05) is 24.3 Å². The average molecular weight is 791 g/mol. The van der Waals surface area contributed by atoms with Gasteiger partial charge in [-0.15, -0.1) is 0 Å². The van der Waals surface area contributed by atoms with E-state index in [-0.39, 0.29) is 0 Å². The fraction of sp³-hybridized carbons (Fsp3) is 0.0172. The predicted molar refractivity (Wildman–Crippen MR) is 253 cm³/mol. The second-order valence-corrected chi connectivity index (χ2v) is 16.0. The number of nitrogens with zero attached hydrogens (tertiary/aromatic N) is 4. The van der Waals surface area contributed by atoms with Gasteiger partial charge in [0.1, 0.15) is 0 Å². The third-order valence-electron chi connectivity index (χ3n) is 12.5. The highest BCUT2D eigenvalue weighted by Gasteiger charge is 2.46. The lowest BCUT2D eigenvalue weighted by Crippen LogP contribution is -2.28. The Bertz CT molecular complexity index is 3420. The number of fused-ring (bicyclic) bond motifs is 6. The number of benzene rings is 9. The summed E-state index contributed by atoms with van der Waals surface area (Å²) in [6.07, 6.45) is 0. The standard InChI is InChI=1S/C58H38N4/c1-4-18-39(19-5-1)41-22-16-23-42(36-41)56-59-55(40-20-6-2-7-21-40)60-57(61-56)43-24-17-27-46(37-43)62-53-33-15-12-30-49(53)50-38-45(34-35-54(50)62)58(44-25-8-3-9-26-44)51-31-13-10-28-47(51)48-29-11-14-32-52(48)58/h1-38H. The van der Waals surface area contributed by atoms with Gasteiger partial charge in [-0.05, 0) is 80.9 Å². The van der Waals surface area contributed by atoms with Crippen LogP contribution in [-0.2, 0) is 5.41 Å². The van der Waals surface area contributed by atoms with Crippen molar-refractivity contribution in [2.45, 2.75) is 5.41 Å². The fourth-order valence-corrected chi connectivity index (χ4v) is 9.80. The van der Waals surface area contributed by atoms with Crippen molar-refractivity contribution < 1.29 is 0 Å². The van der Waals surface area contributed by atoms with Crippen LogP contribution in [0.1, 0.15) is 22.3 Å². The van der Waals surface area contributed by atoms with Crippen LogP contribution in [0.2, 0.25) is 0 Å². The Morgan fingerprint density at radius 2 is 0.806 bits per heavy atom. The zero-order valence-corrected chi connectivity index (χ0v) is 33.7. The SMILES string of the molecule is c1ccc(-c2cccc(-c3nc(-c4ccccc4)nc(-c4cccc(-n5c6ccccc6c6cc(C7(c8ccccc8)c8ccccc8-c8ccccc87)ccc65)c4)n3)c2)cc1. The summed E-state index contributed by atoms with van der Waals surface area (Å²) in [7, 11) is 0. The van der Waals surface area contributed by atoms with E-state index in [9.17, 15) is 0 Å². The van der Waals surface area contributed by atoms with Gasteiger partial charge in [-0.3, -0.25) is 0 Å². The molecule has 12 rings (SSSR count). The molecule has 0 aliphatic heterocycles. The van der Waals surface area contributed by atoms with E-state index in [4.69, 9.17) is 15.0 Å². The summed E-state index contributed by atoms with van der Waals surface area (Å²) < 4.78 is 2.38. The van der Waals surface area contributed by atoms with Crippen molar-refractivity contribution in [2.24, 2.45) is 0 Å². The quantitative estimate of drug-likeness (QED) is 0.161. The van der Waals surface area contributed by atoms with Crippen LogP contribution >= 0.6 is 0 Å². The van der Waals surface area contributed by atoms with E-state index in [2.05, 4.69) is 211 Å². The third-order valence-corrected chi connectivity index (χ3v) is 12.5. The van der Waals surface area contributed by atoms with Crippen molar-refractivity contribution in [3.05, 3.63) is 253 Å². The number of hydrogen-bond acceptors (Lipinski definition) is 3. The van der Waals surface area contributed by atoms with Crippen LogP contribution in [0.15, 0.2) is 231 Å². The molecule has 0 spiro atoms. The van der Waals surface area contributed by atoms with Crippen LogP contribution in [-0.4, -0.2) is 19.5 Å². The molecule has 2 heterocycles. The maximum atomic E-state index is 5.18. The molecule has 0 fully saturated rings. The molecule has 1 aliphatic carbocycles. The molecule has 0 radical (unpaired) electrons. The largest absolute Gasteiger partial charge is 0.309 e. The summed E-state index contributed by atoms with van der Waals surface area (Å²) in [5.41, 5.74) is 15.5. The first kappa shape index (κ1) is 35.7. The molecule has 0 saturated carbocycles. The summed E-state index contributed by atoms with van der Waals surface area (Å²) in [4.78, 5) is 15.4. The molecule has 9 aromatic carbocycles. The van der Waals surface area contributed by atoms with Crippen molar-refractivity contribution in [2.75, 3.05) is 0 Å². The van der Waals surface area contributed by atoms with Crippen molar-refractivity contribution >= 4 is 21.8 Å². The van der Waals surface area contributed by atoms with Gasteiger partial charge < -0.3 is 4.57 Å². The van der Waals surface area contributed by atoms with Gasteiger partial charge in [-0.1, -0.05) is 194 Å². The molecule has 62 heavy (non-hydrogen) atoms. The van der Waals surface area contributed by atoms with Crippen molar-refractivity contribution in [1.82, 2.24) is 19.5 Å². The van der Waals surface area contributed by atoms with Gasteiger partial charge in [-0.2, -0.15) is 0 Å². The van der Waals surface area contributed by atoms with E-state index in [0.29, 0.717) is 17.5 Å². The summed E-state index contributed by atoms with van der Waals surface area (Å²) >= 11 is 0. The van der Waals surface area contributed by atoms with Crippen LogP contribution in [0, 0.1) is 0 Å². The lowest BCUT2D eigenvalue weighted by Gasteiger charge is -2.34. The molecule has 4 nitrogen and oxygen atoms in total. The highest BCUT2D eigenvalue weighted by molar-refractivity contribution is 6.10. The highest BCUT2D eigenvalue weighted by atomic mass is 15.0. The Labute approximate surface area is 360 Å². The van der Waals surface area contributed by atoms with Gasteiger partial charge in [0.05, 0.1) is 16.4 Å². The second-order valence-electron chi connectivity index (χ2n) is 16.0. The predicted octanol–water partition coefficient (Wildman–Crippen LogP) is 14.0. The van der Waals surface area contributed by atoms with Crippen LogP contribution in [0.5, 0.6) is 0 Å². The average Bonchev–Trinajstić information content (AvgIpc) is 3.85. The first-order valence-electron chi connectivity index (χ1n) is 21.1. The molecule has 0 unspecified atom stereocenters. The Hall–Kier alpha value is -8.21. The van der Waals surface area contributed by atoms with Crippen molar-refractivity contribution in [3.63, 3.8) is 0 Å². The zero-order valence-electron chi connectivity index (χ0n) is 33.7. The number of para-hydroxylation sites is 1.